The number of ether oxygens (including phenoxy) is 1. The van der Waals surface area contributed by atoms with E-state index in [-0.39, 0.29) is 10.9 Å². The monoisotopic (exact) mass is 296 g/mol. The van der Waals surface area contributed by atoms with Crippen LogP contribution in [0.1, 0.15) is 31.2 Å². The van der Waals surface area contributed by atoms with Crippen LogP contribution in [0.25, 0.3) is 0 Å². The molecule has 6 heteroatoms. The summed E-state index contributed by atoms with van der Waals surface area (Å²) in [4.78, 5) is 0.224. The number of nitrogens with one attached hydrogen (secondary N) is 2. The Labute approximate surface area is 119 Å². The fraction of sp³-hybridized carbons (Fsp3) is 0.571. The van der Waals surface area contributed by atoms with E-state index >= 15 is 0 Å². The average molecular weight is 296 g/mol. The van der Waals surface area contributed by atoms with Gasteiger partial charge in [0.25, 0.3) is 0 Å². The predicted molar refractivity (Wildman–Crippen MR) is 76.2 cm³/mol. The molecule has 2 aliphatic carbocycles. The van der Waals surface area contributed by atoms with Crippen LogP contribution >= 0.6 is 0 Å². The number of hydrogen-bond donors (Lipinski definition) is 2. The number of benzene rings is 1. The lowest BCUT2D eigenvalue weighted by Crippen LogP contribution is -2.26. The lowest BCUT2D eigenvalue weighted by atomic mass is 10.2. The second-order valence-corrected chi connectivity index (χ2v) is 7.22. The Balaban J connectivity index is 1.78. The Morgan fingerprint density at radius 2 is 1.90 bits per heavy atom. The zero-order valence-electron chi connectivity index (χ0n) is 11.6. The van der Waals surface area contributed by atoms with Crippen LogP contribution in [0.2, 0.25) is 0 Å². The molecule has 3 rings (SSSR count). The van der Waals surface area contributed by atoms with Crippen LogP contribution in [0.15, 0.2) is 23.1 Å². The van der Waals surface area contributed by atoms with Crippen molar-refractivity contribution in [1.82, 2.24) is 10.0 Å². The predicted octanol–water partition coefficient (Wildman–Crippen LogP) is 1.39. The summed E-state index contributed by atoms with van der Waals surface area (Å²) in [5.74, 6) is 0.410. The van der Waals surface area contributed by atoms with Gasteiger partial charge >= 0.3 is 0 Å². The van der Waals surface area contributed by atoms with E-state index in [0.29, 0.717) is 11.8 Å². The molecule has 110 valence electrons. The molecule has 2 aliphatic rings. The molecule has 0 saturated heterocycles. The van der Waals surface area contributed by atoms with Crippen LogP contribution in [-0.2, 0) is 16.6 Å². The van der Waals surface area contributed by atoms with Crippen LogP contribution in [0.4, 0.5) is 0 Å². The molecule has 2 N–H and O–H groups in total. The molecule has 2 fully saturated rings. The minimum Gasteiger partial charge on any atom is -0.495 e. The van der Waals surface area contributed by atoms with Crippen molar-refractivity contribution in [2.24, 2.45) is 0 Å². The van der Waals surface area contributed by atoms with Gasteiger partial charge in [0, 0.05) is 18.6 Å². The molecule has 0 unspecified atom stereocenters. The average Bonchev–Trinajstić information content (AvgIpc) is 3.30. The van der Waals surface area contributed by atoms with Crippen molar-refractivity contribution < 1.29 is 13.2 Å². The maximum absolute atomic E-state index is 12.2. The Morgan fingerprint density at radius 1 is 1.20 bits per heavy atom. The smallest absolute Gasteiger partial charge is 0.244 e. The van der Waals surface area contributed by atoms with Crippen molar-refractivity contribution in [3.63, 3.8) is 0 Å². The first-order chi connectivity index (χ1) is 9.58. The third kappa shape index (κ3) is 3.31. The SMILES string of the molecule is COc1cc(CNC2CC2)ccc1S(=O)(=O)NC1CC1. The highest BCUT2D eigenvalue weighted by molar-refractivity contribution is 7.89. The minimum atomic E-state index is -3.47. The third-order valence-electron chi connectivity index (χ3n) is 3.59. The van der Waals surface area contributed by atoms with E-state index in [2.05, 4.69) is 10.0 Å². The lowest BCUT2D eigenvalue weighted by Gasteiger charge is -2.12. The molecule has 0 spiro atoms. The molecular formula is C14H20N2O3S. The number of rotatable bonds is 7. The highest BCUT2D eigenvalue weighted by Gasteiger charge is 2.29. The summed E-state index contributed by atoms with van der Waals surface area (Å²) in [6.07, 6.45) is 4.31. The summed E-state index contributed by atoms with van der Waals surface area (Å²) < 4.78 is 32.4. The van der Waals surface area contributed by atoms with E-state index in [1.54, 1.807) is 12.1 Å². The Hall–Kier alpha value is -1.11. The first kappa shape index (κ1) is 13.9. The number of hydrogen-bond acceptors (Lipinski definition) is 4. The molecule has 1 aromatic rings. The van der Waals surface area contributed by atoms with Gasteiger partial charge in [-0.15, -0.1) is 0 Å². The molecule has 0 bridgehead atoms. The van der Waals surface area contributed by atoms with Crippen molar-refractivity contribution in [1.29, 1.82) is 0 Å². The highest BCUT2D eigenvalue weighted by Crippen LogP contribution is 2.28. The van der Waals surface area contributed by atoms with Crippen LogP contribution in [-0.4, -0.2) is 27.6 Å². The van der Waals surface area contributed by atoms with Crippen molar-refractivity contribution in [3.8, 4) is 5.75 Å². The lowest BCUT2D eigenvalue weighted by molar-refractivity contribution is 0.401. The maximum atomic E-state index is 12.2. The molecular weight excluding hydrogens is 276 g/mol. The number of sulfonamides is 1. The normalized spacial score (nSPS) is 19.1. The fourth-order valence-electron chi connectivity index (χ4n) is 2.08. The van der Waals surface area contributed by atoms with Gasteiger partial charge in [0.15, 0.2) is 0 Å². The Morgan fingerprint density at radius 3 is 2.50 bits per heavy atom. The van der Waals surface area contributed by atoms with Gasteiger partial charge in [-0.2, -0.15) is 0 Å². The summed E-state index contributed by atoms with van der Waals surface area (Å²) >= 11 is 0. The van der Waals surface area contributed by atoms with E-state index in [4.69, 9.17) is 4.74 Å². The highest BCUT2D eigenvalue weighted by atomic mass is 32.2. The maximum Gasteiger partial charge on any atom is 0.244 e. The summed E-state index contributed by atoms with van der Waals surface area (Å²) in [7, 11) is -1.97. The molecule has 0 radical (unpaired) electrons. The van der Waals surface area contributed by atoms with Crippen molar-refractivity contribution in [3.05, 3.63) is 23.8 Å². The first-order valence-corrected chi connectivity index (χ1v) is 8.49. The zero-order valence-corrected chi connectivity index (χ0v) is 12.4. The van der Waals surface area contributed by atoms with Crippen molar-refractivity contribution in [2.45, 2.75) is 49.2 Å². The van der Waals surface area contributed by atoms with E-state index in [1.807, 2.05) is 6.07 Å². The second-order valence-electron chi connectivity index (χ2n) is 5.54. The molecule has 2 saturated carbocycles. The van der Waals surface area contributed by atoms with E-state index < -0.39 is 10.0 Å². The summed E-state index contributed by atoms with van der Waals surface area (Å²) in [5.41, 5.74) is 1.04. The molecule has 20 heavy (non-hydrogen) atoms. The van der Waals surface area contributed by atoms with E-state index in [0.717, 1.165) is 24.9 Å². The van der Waals surface area contributed by atoms with Gasteiger partial charge in [-0.3, -0.25) is 0 Å². The fourth-order valence-corrected chi connectivity index (χ4v) is 3.53. The van der Waals surface area contributed by atoms with Gasteiger partial charge in [-0.25, -0.2) is 13.1 Å². The van der Waals surface area contributed by atoms with Gasteiger partial charge in [-0.1, -0.05) is 6.07 Å². The van der Waals surface area contributed by atoms with Gasteiger partial charge in [0.1, 0.15) is 10.6 Å². The van der Waals surface area contributed by atoms with E-state index in [1.165, 1.54) is 20.0 Å². The second kappa shape index (κ2) is 5.35. The molecule has 5 nitrogen and oxygen atoms in total. The van der Waals surface area contributed by atoms with Crippen LogP contribution < -0.4 is 14.8 Å². The first-order valence-electron chi connectivity index (χ1n) is 7.01. The van der Waals surface area contributed by atoms with Gasteiger partial charge < -0.3 is 10.1 Å². The van der Waals surface area contributed by atoms with Crippen LogP contribution in [0.3, 0.4) is 0 Å². The molecule has 0 amide bonds. The van der Waals surface area contributed by atoms with Gasteiger partial charge in [0.2, 0.25) is 10.0 Å². The summed E-state index contributed by atoms with van der Waals surface area (Å²) in [6.45, 7) is 0.747. The third-order valence-corrected chi connectivity index (χ3v) is 5.15. The van der Waals surface area contributed by atoms with E-state index in [9.17, 15) is 8.42 Å². The van der Waals surface area contributed by atoms with Crippen molar-refractivity contribution >= 4 is 10.0 Å². The molecule has 0 aliphatic heterocycles. The molecule has 0 atom stereocenters. The summed E-state index contributed by atoms with van der Waals surface area (Å²) in [5, 5.41) is 3.40. The molecule has 1 aromatic carbocycles. The van der Waals surface area contributed by atoms with Crippen molar-refractivity contribution in [2.75, 3.05) is 7.11 Å². The molecule has 0 heterocycles. The Bertz CT molecular complexity index is 592. The van der Waals surface area contributed by atoms with Crippen LogP contribution in [0, 0.1) is 0 Å². The largest absolute Gasteiger partial charge is 0.495 e. The van der Waals surface area contributed by atoms with Gasteiger partial charge in [-0.05, 0) is 43.4 Å². The summed E-state index contributed by atoms with van der Waals surface area (Å²) in [6, 6.07) is 6.01. The minimum absolute atomic E-state index is 0.0981. The number of methoxy groups -OCH3 is 1. The standard InChI is InChI=1S/C14H20N2O3S/c1-19-13-8-10(9-15-11-3-4-11)2-7-14(13)20(17,18)16-12-5-6-12/h2,7-8,11-12,15-16H,3-6,9H2,1H3. The zero-order chi connectivity index (χ0) is 14.2. The Kier molecular flexibility index (Phi) is 3.70. The quantitative estimate of drug-likeness (QED) is 0.798. The van der Waals surface area contributed by atoms with Gasteiger partial charge in [0.05, 0.1) is 7.11 Å². The van der Waals surface area contributed by atoms with Crippen LogP contribution in [0.5, 0.6) is 5.75 Å². The topological polar surface area (TPSA) is 67.4 Å². The molecule has 0 aromatic heterocycles.